The van der Waals surface area contributed by atoms with Gasteiger partial charge < -0.3 is 10.3 Å². The molecule has 0 fully saturated rings. The van der Waals surface area contributed by atoms with Gasteiger partial charge in [-0.2, -0.15) is 0 Å². The number of aromatic nitrogens is 1. The Kier molecular flexibility index (Phi) is 4.11. The molecule has 2 N–H and O–H groups in total. The van der Waals surface area contributed by atoms with E-state index in [0.29, 0.717) is 5.92 Å². The van der Waals surface area contributed by atoms with E-state index in [0.717, 1.165) is 6.54 Å². The van der Waals surface area contributed by atoms with E-state index >= 15 is 0 Å². The summed E-state index contributed by atoms with van der Waals surface area (Å²) in [6.45, 7) is 9.69. The number of aryl methyl sites for hydroxylation is 2. The highest BCUT2D eigenvalue weighted by molar-refractivity contribution is 5.66. The zero-order valence-electron chi connectivity index (χ0n) is 12.6. The largest absolute Gasteiger partial charge is 0.358 e. The van der Waals surface area contributed by atoms with Crippen LogP contribution in [0.15, 0.2) is 24.3 Å². The Morgan fingerprint density at radius 1 is 1.16 bits per heavy atom. The lowest BCUT2D eigenvalue weighted by Crippen LogP contribution is -2.04. The van der Waals surface area contributed by atoms with Gasteiger partial charge in [-0.1, -0.05) is 26.0 Å². The molecule has 2 heteroatoms. The van der Waals surface area contributed by atoms with E-state index in [4.69, 9.17) is 0 Å². The minimum Gasteiger partial charge on any atom is -0.358 e. The maximum absolute atomic E-state index is 3.51. The van der Waals surface area contributed by atoms with Crippen LogP contribution in [0.3, 0.4) is 0 Å². The summed E-state index contributed by atoms with van der Waals surface area (Å²) in [5, 5.41) is 3.21. The minimum atomic E-state index is 0.562. The molecule has 2 aromatic rings. The molecule has 2 nitrogen and oxygen atoms in total. The van der Waals surface area contributed by atoms with Gasteiger partial charge in [-0.25, -0.2) is 0 Å². The molecule has 0 aliphatic rings. The van der Waals surface area contributed by atoms with Gasteiger partial charge >= 0.3 is 0 Å². The fourth-order valence-corrected chi connectivity index (χ4v) is 2.41. The Hall–Kier alpha value is -1.54. The first-order chi connectivity index (χ1) is 9.02. The molecule has 0 saturated heterocycles. The van der Waals surface area contributed by atoms with Crippen LogP contribution in [0.25, 0.3) is 11.3 Å². The SMILES string of the molecule is CNCc1cc(-c2cc(C(C)C)ccc2C)[nH]c1C. The van der Waals surface area contributed by atoms with Crippen LogP contribution in [-0.4, -0.2) is 12.0 Å². The zero-order valence-corrected chi connectivity index (χ0v) is 12.6. The van der Waals surface area contributed by atoms with Crippen LogP contribution >= 0.6 is 0 Å². The fourth-order valence-electron chi connectivity index (χ4n) is 2.41. The van der Waals surface area contributed by atoms with E-state index in [1.54, 1.807) is 0 Å². The summed E-state index contributed by atoms with van der Waals surface area (Å²) in [5.74, 6) is 0.562. The predicted octanol–water partition coefficient (Wildman–Crippen LogP) is 4.14. The number of benzene rings is 1. The van der Waals surface area contributed by atoms with Crippen molar-refractivity contribution in [1.82, 2.24) is 10.3 Å². The van der Waals surface area contributed by atoms with Crippen molar-refractivity contribution in [2.45, 2.75) is 40.2 Å². The number of aromatic amines is 1. The van der Waals surface area contributed by atoms with Gasteiger partial charge in [0.05, 0.1) is 0 Å². The normalized spacial score (nSPS) is 11.3. The third-order valence-corrected chi connectivity index (χ3v) is 3.71. The van der Waals surface area contributed by atoms with Crippen LogP contribution < -0.4 is 5.32 Å². The maximum Gasteiger partial charge on any atom is 0.0462 e. The first kappa shape index (κ1) is 13.9. The summed E-state index contributed by atoms with van der Waals surface area (Å²) in [5.41, 5.74) is 7.84. The summed E-state index contributed by atoms with van der Waals surface area (Å²) in [6.07, 6.45) is 0. The Balaban J connectivity index is 2.45. The molecule has 0 bridgehead atoms. The summed E-state index contributed by atoms with van der Waals surface area (Å²) in [6, 6.07) is 9.03. The van der Waals surface area contributed by atoms with Gasteiger partial charge in [0.25, 0.3) is 0 Å². The molecule has 0 spiro atoms. The highest BCUT2D eigenvalue weighted by atomic mass is 14.8. The van der Waals surface area contributed by atoms with Crippen LogP contribution in [0.4, 0.5) is 0 Å². The highest BCUT2D eigenvalue weighted by Gasteiger charge is 2.10. The standard InChI is InChI=1S/C17H24N2/c1-11(2)14-7-6-12(3)16(8-14)17-9-15(10-18-5)13(4)19-17/h6-9,11,18-19H,10H2,1-5H3. The highest BCUT2D eigenvalue weighted by Crippen LogP contribution is 2.28. The summed E-state index contributed by atoms with van der Waals surface area (Å²) >= 11 is 0. The smallest absolute Gasteiger partial charge is 0.0462 e. The molecule has 0 aliphatic carbocycles. The Morgan fingerprint density at radius 3 is 2.53 bits per heavy atom. The quantitative estimate of drug-likeness (QED) is 0.845. The second-order valence-electron chi connectivity index (χ2n) is 5.59. The second kappa shape index (κ2) is 5.62. The lowest BCUT2D eigenvalue weighted by atomic mass is 9.96. The van der Waals surface area contributed by atoms with Gasteiger partial charge in [0.1, 0.15) is 0 Å². The minimum absolute atomic E-state index is 0.562. The first-order valence-electron chi connectivity index (χ1n) is 6.97. The maximum atomic E-state index is 3.51. The predicted molar refractivity (Wildman–Crippen MR) is 82.6 cm³/mol. The Labute approximate surface area is 116 Å². The number of rotatable bonds is 4. The Morgan fingerprint density at radius 2 is 1.89 bits per heavy atom. The van der Waals surface area contributed by atoms with E-state index in [1.165, 1.54) is 33.6 Å². The van der Waals surface area contributed by atoms with Gasteiger partial charge in [0, 0.05) is 23.5 Å². The average Bonchev–Trinajstić information content (AvgIpc) is 2.71. The zero-order chi connectivity index (χ0) is 14.0. The van der Waals surface area contributed by atoms with Crippen molar-refractivity contribution < 1.29 is 0 Å². The van der Waals surface area contributed by atoms with Crippen molar-refractivity contribution in [1.29, 1.82) is 0 Å². The molecule has 1 aromatic heterocycles. The molecule has 0 unspecified atom stereocenters. The van der Waals surface area contributed by atoms with Gasteiger partial charge in [0.2, 0.25) is 0 Å². The molecule has 19 heavy (non-hydrogen) atoms. The molecule has 2 rings (SSSR count). The van der Waals surface area contributed by atoms with Gasteiger partial charge in [-0.05, 0) is 55.6 Å². The van der Waals surface area contributed by atoms with Crippen molar-refractivity contribution in [2.24, 2.45) is 0 Å². The average molecular weight is 256 g/mol. The molecule has 0 amide bonds. The van der Waals surface area contributed by atoms with Crippen molar-refractivity contribution in [3.63, 3.8) is 0 Å². The van der Waals surface area contributed by atoms with Crippen molar-refractivity contribution in [3.05, 3.63) is 46.6 Å². The van der Waals surface area contributed by atoms with Crippen molar-refractivity contribution >= 4 is 0 Å². The van der Waals surface area contributed by atoms with Gasteiger partial charge in [-0.3, -0.25) is 0 Å². The number of hydrogen-bond acceptors (Lipinski definition) is 1. The van der Waals surface area contributed by atoms with Crippen molar-refractivity contribution in [2.75, 3.05) is 7.05 Å². The molecule has 102 valence electrons. The third kappa shape index (κ3) is 2.90. The molecule has 1 heterocycles. The molecule has 0 saturated carbocycles. The lowest BCUT2D eigenvalue weighted by Gasteiger charge is -2.10. The summed E-state index contributed by atoms with van der Waals surface area (Å²) in [4.78, 5) is 3.51. The molecule has 1 aromatic carbocycles. The Bertz CT molecular complexity index is 565. The number of H-pyrrole nitrogens is 1. The summed E-state index contributed by atoms with van der Waals surface area (Å²) < 4.78 is 0. The van der Waals surface area contributed by atoms with Crippen LogP contribution in [0, 0.1) is 13.8 Å². The van der Waals surface area contributed by atoms with Crippen LogP contribution in [0.1, 0.15) is 42.1 Å². The third-order valence-electron chi connectivity index (χ3n) is 3.71. The van der Waals surface area contributed by atoms with Crippen LogP contribution in [0.5, 0.6) is 0 Å². The van der Waals surface area contributed by atoms with E-state index in [1.807, 2.05) is 7.05 Å². The van der Waals surface area contributed by atoms with E-state index < -0.39 is 0 Å². The van der Waals surface area contributed by atoms with Gasteiger partial charge in [-0.15, -0.1) is 0 Å². The molecular weight excluding hydrogens is 232 g/mol. The second-order valence-corrected chi connectivity index (χ2v) is 5.59. The molecule has 0 radical (unpaired) electrons. The fraction of sp³-hybridized carbons (Fsp3) is 0.412. The van der Waals surface area contributed by atoms with Crippen molar-refractivity contribution in [3.8, 4) is 11.3 Å². The molecule has 0 aliphatic heterocycles. The monoisotopic (exact) mass is 256 g/mol. The first-order valence-corrected chi connectivity index (χ1v) is 6.97. The topological polar surface area (TPSA) is 27.8 Å². The number of nitrogens with one attached hydrogen (secondary N) is 2. The van der Waals surface area contributed by atoms with E-state index in [-0.39, 0.29) is 0 Å². The molecule has 0 atom stereocenters. The lowest BCUT2D eigenvalue weighted by molar-refractivity contribution is 0.812. The summed E-state index contributed by atoms with van der Waals surface area (Å²) in [7, 11) is 1.98. The van der Waals surface area contributed by atoms with E-state index in [2.05, 4.69) is 62.3 Å². The van der Waals surface area contributed by atoms with E-state index in [9.17, 15) is 0 Å². The van der Waals surface area contributed by atoms with Crippen LogP contribution in [0.2, 0.25) is 0 Å². The molecular formula is C17H24N2. The van der Waals surface area contributed by atoms with Crippen LogP contribution in [-0.2, 0) is 6.54 Å². The van der Waals surface area contributed by atoms with Gasteiger partial charge in [0.15, 0.2) is 0 Å². The number of hydrogen-bond donors (Lipinski definition) is 2.